The summed E-state index contributed by atoms with van der Waals surface area (Å²) in [5.41, 5.74) is 6.49. The second kappa shape index (κ2) is 6.53. The monoisotopic (exact) mass is 307 g/mol. The van der Waals surface area contributed by atoms with Crippen molar-refractivity contribution in [2.75, 3.05) is 26.7 Å². The Kier molecular flexibility index (Phi) is 4.74. The van der Waals surface area contributed by atoms with Crippen molar-refractivity contribution in [3.8, 4) is 5.75 Å². The number of nitrogens with zero attached hydrogens (tertiary/aromatic N) is 2. The van der Waals surface area contributed by atoms with Gasteiger partial charge in [-0.25, -0.2) is 4.79 Å². The third-order valence-electron chi connectivity index (χ3n) is 3.12. The summed E-state index contributed by atoms with van der Waals surface area (Å²) in [6, 6.07) is 7.11. The number of benzene rings is 1. The van der Waals surface area contributed by atoms with Gasteiger partial charge >= 0.3 is 6.03 Å². The van der Waals surface area contributed by atoms with Crippen LogP contribution in [0, 0.1) is 0 Å². The van der Waals surface area contributed by atoms with Crippen molar-refractivity contribution in [2.45, 2.75) is 6.42 Å². The van der Waals surface area contributed by atoms with Crippen LogP contribution in [0.5, 0.6) is 5.75 Å². The molecular formula is C14H17N3O3S. The molecule has 112 valence electrons. The standard InChI is InChI=1S/C14H17N3O3S/c1-16-9-13(18)17(14(16)19)6-7-20-11-4-2-10(3-5-11)8-12(15)21/h2-5H,6-9H2,1H3,(H2,15,21). The van der Waals surface area contributed by atoms with E-state index in [1.165, 1.54) is 9.80 Å². The molecule has 0 radical (unpaired) electrons. The first-order valence-corrected chi connectivity index (χ1v) is 6.93. The summed E-state index contributed by atoms with van der Waals surface area (Å²) in [7, 11) is 1.60. The van der Waals surface area contributed by atoms with Crippen LogP contribution in [0.15, 0.2) is 24.3 Å². The van der Waals surface area contributed by atoms with E-state index in [4.69, 9.17) is 22.7 Å². The van der Waals surface area contributed by atoms with Gasteiger partial charge in [-0.05, 0) is 17.7 Å². The molecule has 2 rings (SSSR count). The van der Waals surface area contributed by atoms with Crippen LogP contribution in [0.3, 0.4) is 0 Å². The molecule has 0 aliphatic carbocycles. The van der Waals surface area contributed by atoms with Crippen molar-refractivity contribution < 1.29 is 14.3 Å². The summed E-state index contributed by atoms with van der Waals surface area (Å²) >= 11 is 4.85. The normalized spacial score (nSPS) is 14.7. The smallest absolute Gasteiger partial charge is 0.327 e. The lowest BCUT2D eigenvalue weighted by atomic mass is 10.1. The number of likely N-dealkylation sites (N-methyl/N-ethyl adjacent to an activating group) is 1. The zero-order valence-electron chi connectivity index (χ0n) is 11.7. The van der Waals surface area contributed by atoms with Crippen LogP contribution in [0.1, 0.15) is 5.56 Å². The zero-order chi connectivity index (χ0) is 15.4. The number of carbonyl (C=O) groups excluding carboxylic acids is 2. The Morgan fingerprint density at radius 3 is 2.52 bits per heavy atom. The quantitative estimate of drug-likeness (QED) is 0.621. The maximum absolute atomic E-state index is 11.7. The first kappa shape index (κ1) is 15.2. The molecule has 0 unspecified atom stereocenters. The summed E-state index contributed by atoms with van der Waals surface area (Å²) in [5.74, 6) is 0.479. The lowest BCUT2D eigenvalue weighted by Crippen LogP contribution is -2.35. The second-order valence-electron chi connectivity index (χ2n) is 4.82. The number of urea groups is 1. The van der Waals surface area contributed by atoms with Gasteiger partial charge in [0, 0.05) is 13.5 Å². The third kappa shape index (κ3) is 3.91. The van der Waals surface area contributed by atoms with Gasteiger partial charge in [-0.2, -0.15) is 0 Å². The number of imide groups is 1. The molecular weight excluding hydrogens is 290 g/mol. The van der Waals surface area contributed by atoms with Crippen LogP contribution in [-0.2, 0) is 11.2 Å². The van der Waals surface area contributed by atoms with E-state index in [-0.39, 0.29) is 31.6 Å². The van der Waals surface area contributed by atoms with Crippen LogP contribution in [0.25, 0.3) is 0 Å². The van der Waals surface area contributed by atoms with Gasteiger partial charge in [0.1, 0.15) is 18.9 Å². The highest BCUT2D eigenvalue weighted by molar-refractivity contribution is 7.80. The predicted octanol–water partition coefficient (Wildman–Crippen LogP) is 0.788. The molecule has 6 nitrogen and oxygen atoms in total. The lowest BCUT2D eigenvalue weighted by molar-refractivity contribution is -0.125. The van der Waals surface area contributed by atoms with Gasteiger partial charge < -0.3 is 15.4 Å². The van der Waals surface area contributed by atoms with E-state index in [1.54, 1.807) is 7.05 Å². The Morgan fingerprint density at radius 1 is 1.33 bits per heavy atom. The minimum atomic E-state index is -0.282. The van der Waals surface area contributed by atoms with Gasteiger partial charge in [0.2, 0.25) is 5.91 Å². The third-order valence-corrected chi connectivity index (χ3v) is 3.26. The maximum atomic E-state index is 11.7. The Bertz CT molecular complexity index is 559. The molecule has 0 atom stereocenters. The largest absolute Gasteiger partial charge is 0.492 e. The minimum Gasteiger partial charge on any atom is -0.492 e. The van der Waals surface area contributed by atoms with Crippen LogP contribution >= 0.6 is 12.2 Å². The van der Waals surface area contributed by atoms with Gasteiger partial charge in [0.15, 0.2) is 0 Å². The molecule has 0 saturated carbocycles. The summed E-state index contributed by atoms with van der Waals surface area (Å²) in [5, 5.41) is 0. The molecule has 0 spiro atoms. The second-order valence-corrected chi connectivity index (χ2v) is 5.34. The minimum absolute atomic E-state index is 0.131. The molecule has 7 heteroatoms. The average Bonchev–Trinajstić information content (AvgIpc) is 2.66. The maximum Gasteiger partial charge on any atom is 0.327 e. The predicted molar refractivity (Wildman–Crippen MR) is 82.2 cm³/mol. The van der Waals surface area contributed by atoms with Crippen molar-refractivity contribution in [3.05, 3.63) is 29.8 Å². The van der Waals surface area contributed by atoms with Crippen molar-refractivity contribution in [1.29, 1.82) is 0 Å². The van der Waals surface area contributed by atoms with Crippen molar-refractivity contribution >= 4 is 29.1 Å². The number of hydrogen-bond acceptors (Lipinski definition) is 4. The van der Waals surface area contributed by atoms with E-state index < -0.39 is 0 Å². The zero-order valence-corrected chi connectivity index (χ0v) is 12.6. The lowest BCUT2D eigenvalue weighted by Gasteiger charge is -2.14. The number of rotatable bonds is 6. The number of hydrogen-bond donors (Lipinski definition) is 1. The van der Waals surface area contributed by atoms with E-state index in [9.17, 15) is 9.59 Å². The molecule has 2 N–H and O–H groups in total. The SMILES string of the molecule is CN1CC(=O)N(CCOc2ccc(CC(N)=S)cc2)C1=O. The van der Waals surface area contributed by atoms with Crippen LogP contribution < -0.4 is 10.5 Å². The molecule has 1 aliphatic rings. The van der Waals surface area contributed by atoms with E-state index in [0.717, 1.165) is 5.56 Å². The topological polar surface area (TPSA) is 75.9 Å². The highest BCUT2D eigenvalue weighted by Crippen LogP contribution is 2.13. The summed E-state index contributed by atoms with van der Waals surface area (Å²) < 4.78 is 5.53. The number of carbonyl (C=O) groups is 2. The van der Waals surface area contributed by atoms with E-state index in [0.29, 0.717) is 17.2 Å². The Morgan fingerprint density at radius 2 is 2.00 bits per heavy atom. The average molecular weight is 307 g/mol. The Hall–Kier alpha value is -2.15. The summed E-state index contributed by atoms with van der Waals surface area (Å²) in [6.45, 7) is 0.642. The summed E-state index contributed by atoms with van der Waals surface area (Å²) in [4.78, 5) is 26.2. The van der Waals surface area contributed by atoms with Crippen molar-refractivity contribution in [2.24, 2.45) is 5.73 Å². The van der Waals surface area contributed by atoms with Gasteiger partial charge in [-0.3, -0.25) is 9.69 Å². The Balaban J connectivity index is 1.82. The fourth-order valence-corrected chi connectivity index (χ4v) is 2.22. The molecule has 3 amide bonds. The molecule has 1 aromatic rings. The first-order chi connectivity index (χ1) is 9.97. The molecule has 1 heterocycles. The highest BCUT2D eigenvalue weighted by atomic mass is 32.1. The van der Waals surface area contributed by atoms with Crippen molar-refractivity contribution in [3.63, 3.8) is 0 Å². The molecule has 1 aromatic carbocycles. The fraction of sp³-hybridized carbons (Fsp3) is 0.357. The van der Waals surface area contributed by atoms with Crippen molar-refractivity contribution in [1.82, 2.24) is 9.80 Å². The molecule has 1 fully saturated rings. The number of ether oxygens (including phenoxy) is 1. The molecule has 0 bridgehead atoms. The Labute approximate surface area is 128 Å². The van der Waals surface area contributed by atoms with E-state index in [1.807, 2.05) is 24.3 Å². The van der Waals surface area contributed by atoms with E-state index >= 15 is 0 Å². The van der Waals surface area contributed by atoms with E-state index in [2.05, 4.69) is 0 Å². The van der Waals surface area contributed by atoms with Gasteiger partial charge in [0.05, 0.1) is 11.5 Å². The van der Waals surface area contributed by atoms with Crippen LogP contribution in [0.4, 0.5) is 4.79 Å². The van der Waals surface area contributed by atoms with Gasteiger partial charge in [-0.15, -0.1) is 0 Å². The van der Waals surface area contributed by atoms with Crippen LogP contribution in [0.2, 0.25) is 0 Å². The highest BCUT2D eigenvalue weighted by Gasteiger charge is 2.32. The first-order valence-electron chi connectivity index (χ1n) is 6.53. The van der Waals surface area contributed by atoms with Gasteiger partial charge in [0.25, 0.3) is 0 Å². The number of amides is 3. The fourth-order valence-electron chi connectivity index (χ4n) is 2.05. The molecule has 21 heavy (non-hydrogen) atoms. The summed E-state index contributed by atoms with van der Waals surface area (Å²) in [6.07, 6.45) is 0.554. The molecule has 1 aliphatic heterocycles. The number of thiocarbonyl (C=S) groups is 1. The number of nitrogens with two attached hydrogens (primary N) is 1. The molecule has 0 aromatic heterocycles. The van der Waals surface area contributed by atoms with Gasteiger partial charge in [-0.1, -0.05) is 24.4 Å². The molecule has 1 saturated heterocycles. The van der Waals surface area contributed by atoms with Crippen LogP contribution in [-0.4, -0.2) is 53.5 Å².